The maximum Gasteiger partial charge on any atom is 0.508 e. The fraction of sp³-hybridized carbons (Fsp3) is 0.611. The zero-order valence-electron chi connectivity index (χ0n) is 14.4. The molecule has 0 aromatic heterocycles. The molecule has 0 aromatic carbocycles. The summed E-state index contributed by atoms with van der Waals surface area (Å²) in [5.74, 6) is 0. The minimum Gasteiger partial charge on any atom is -0.435 e. The maximum absolute atomic E-state index is 11.2. The van der Waals surface area contributed by atoms with Crippen LogP contribution in [-0.4, -0.2) is 19.4 Å². The number of carbonyl (C=O) groups is 1. The molecule has 0 saturated carbocycles. The molecule has 0 spiro atoms. The predicted molar refractivity (Wildman–Crippen MR) is 88.4 cm³/mol. The van der Waals surface area contributed by atoms with Crippen LogP contribution >= 0.6 is 0 Å². The lowest BCUT2D eigenvalue weighted by atomic mass is 10.0. The molecule has 0 aliphatic carbocycles. The van der Waals surface area contributed by atoms with Crippen molar-refractivity contribution >= 4 is 6.16 Å². The van der Waals surface area contributed by atoms with Gasteiger partial charge in [0.15, 0.2) is 0 Å². The maximum atomic E-state index is 11.2. The van der Waals surface area contributed by atoms with Crippen LogP contribution in [0.5, 0.6) is 0 Å². The largest absolute Gasteiger partial charge is 0.508 e. The summed E-state index contributed by atoms with van der Waals surface area (Å²) < 4.78 is 9.86. The van der Waals surface area contributed by atoms with Gasteiger partial charge in [0.05, 0.1) is 6.61 Å². The van der Waals surface area contributed by atoms with Crippen LogP contribution in [0.2, 0.25) is 0 Å². The third kappa shape index (κ3) is 10.9. The van der Waals surface area contributed by atoms with Crippen molar-refractivity contribution in [1.29, 1.82) is 0 Å². The van der Waals surface area contributed by atoms with Gasteiger partial charge in [-0.25, -0.2) is 4.79 Å². The monoisotopic (exact) mass is 294 g/mol. The molecule has 0 rings (SSSR count). The van der Waals surface area contributed by atoms with Crippen molar-refractivity contribution in [3.05, 3.63) is 34.4 Å². The van der Waals surface area contributed by atoms with Gasteiger partial charge in [-0.05, 0) is 66.4 Å². The van der Waals surface area contributed by atoms with E-state index >= 15 is 0 Å². The Morgan fingerprint density at radius 3 is 2.19 bits per heavy atom. The molecule has 120 valence electrons. The van der Waals surface area contributed by atoms with Crippen molar-refractivity contribution in [2.24, 2.45) is 0 Å². The third-order valence-electron chi connectivity index (χ3n) is 3.12. The molecule has 0 bridgehead atoms. The van der Waals surface area contributed by atoms with E-state index in [1.165, 1.54) is 16.7 Å². The second-order valence-electron chi connectivity index (χ2n) is 5.65. The van der Waals surface area contributed by atoms with E-state index in [0.29, 0.717) is 13.2 Å². The van der Waals surface area contributed by atoms with E-state index < -0.39 is 6.16 Å². The van der Waals surface area contributed by atoms with Crippen LogP contribution in [0, 0.1) is 0 Å². The van der Waals surface area contributed by atoms with E-state index in [1.54, 1.807) is 6.92 Å². The summed E-state index contributed by atoms with van der Waals surface area (Å²) in [5.41, 5.74) is 5.04. The average molecular weight is 294 g/mol. The first-order valence-electron chi connectivity index (χ1n) is 7.60. The molecule has 0 radical (unpaired) electrons. The van der Waals surface area contributed by atoms with E-state index in [9.17, 15) is 4.79 Å². The van der Waals surface area contributed by atoms with E-state index in [1.807, 2.05) is 13.8 Å². The fourth-order valence-electron chi connectivity index (χ4n) is 1.70. The first-order chi connectivity index (χ1) is 9.86. The van der Waals surface area contributed by atoms with Gasteiger partial charge in [0.2, 0.25) is 0 Å². The molecule has 21 heavy (non-hydrogen) atoms. The Labute approximate surface area is 129 Å². The van der Waals surface area contributed by atoms with Gasteiger partial charge >= 0.3 is 6.16 Å². The summed E-state index contributed by atoms with van der Waals surface area (Å²) >= 11 is 0. The Morgan fingerprint density at radius 1 is 1.00 bits per heavy atom. The summed E-state index contributed by atoms with van der Waals surface area (Å²) in [4.78, 5) is 11.2. The normalized spacial score (nSPS) is 10.9. The Balaban J connectivity index is 4.36. The molecule has 0 unspecified atom stereocenters. The summed E-state index contributed by atoms with van der Waals surface area (Å²) in [5, 5.41) is 0. The smallest absolute Gasteiger partial charge is 0.435 e. The van der Waals surface area contributed by atoms with Crippen molar-refractivity contribution in [3.63, 3.8) is 0 Å². The van der Waals surface area contributed by atoms with E-state index in [4.69, 9.17) is 9.47 Å². The zero-order chi connectivity index (χ0) is 16.3. The number of carbonyl (C=O) groups excluding carboxylic acids is 1. The van der Waals surface area contributed by atoms with Crippen LogP contribution in [0.4, 0.5) is 4.79 Å². The van der Waals surface area contributed by atoms with Crippen molar-refractivity contribution in [3.8, 4) is 0 Å². The summed E-state index contributed by atoms with van der Waals surface area (Å²) in [6.45, 7) is 12.9. The van der Waals surface area contributed by atoms with Gasteiger partial charge in [-0.3, -0.25) is 0 Å². The Kier molecular flexibility index (Phi) is 10.4. The minimum atomic E-state index is -0.597. The quantitative estimate of drug-likeness (QED) is 0.433. The van der Waals surface area contributed by atoms with E-state index in [-0.39, 0.29) is 0 Å². The van der Waals surface area contributed by atoms with Gasteiger partial charge in [-0.15, -0.1) is 0 Å². The van der Waals surface area contributed by atoms with E-state index in [2.05, 4.69) is 32.9 Å². The number of ether oxygens (including phenoxy) is 2. The summed E-state index contributed by atoms with van der Waals surface area (Å²) in [6.07, 6.45) is 6.84. The molecule has 0 aliphatic rings. The Morgan fingerprint density at radius 2 is 1.67 bits per heavy atom. The van der Waals surface area contributed by atoms with Crippen LogP contribution in [0.15, 0.2) is 34.4 Å². The van der Waals surface area contributed by atoms with Crippen molar-refractivity contribution in [1.82, 2.24) is 0 Å². The van der Waals surface area contributed by atoms with Gasteiger partial charge in [-0.2, -0.15) is 0 Å². The molecule has 0 heterocycles. The average Bonchev–Trinajstić information content (AvgIpc) is 2.38. The number of allylic oxidation sites excluding steroid dienone is 5. The van der Waals surface area contributed by atoms with Crippen LogP contribution in [-0.2, 0) is 9.47 Å². The highest BCUT2D eigenvalue weighted by Crippen LogP contribution is 2.14. The Hall–Kier alpha value is -1.51. The van der Waals surface area contributed by atoms with Gasteiger partial charge in [-0.1, -0.05) is 28.9 Å². The van der Waals surface area contributed by atoms with Crippen molar-refractivity contribution < 1.29 is 14.3 Å². The molecule has 0 N–H and O–H groups in total. The first-order valence-corrected chi connectivity index (χ1v) is 7.60. The summed E-state index contributed by atoms with van der Waals surface area (Å²) in [7, 11) is 0. The standard InChI is InChI=1S/C18H30O3/c1-7-20-18(19)21-13-17(15(4)5)12-11-16(6)10-8-9-14(2)3/h9,11H,7-8,10,12-13H2,1-6H3/b16-11+. The molecule has 0 atom stereocenters. The highest BCUT2D eigenvalue weighted by molar-refractivity contribution is 5.60. The van der Waals surface area contributed by atoms with Crippen LogP contribution in [0.25, 0.3) is 0 Å². The predicted octanol–water partition coefficient (Wildman–Crippen LogP) is 5.58. The lowest BCUT2D eigenvalue weighted by molar-refractivity contribution is 0.0651. The van der Waals surface area contributed by atoms with Gasteiger partial charge in [0, 0.05) is 0 Å². The molecular formula is C18H30O3. The molecule has 0 amide bonds. The minimum absolute atomic E-state index is 0.304. The van der Waals surface area contributed by atoms with E-state index in [0.717, 1.165) is 24.8 Å². The lowest BCUT2D eigenvalue weighted by Crippen LogP contribution is -2.10. The number of rotatable bonds is 8. The van der Waals surface area contributed by atoms with Crippen LogP contribution in [0.1, 0.15) is 60.8 Å². The number of hydrogen-bond donors (Lipinski definition) is 0. The molecule has 0 saturated heterocycles. The topological polar surface area (TPSA) is 35.5 Å². The highest BCUT2D eigenvalue weighted by atomic mass is 16.7. The van der Waals surface area contributed by atoms with Crippen molar-refractivity contribution in [2.75, 3.05) is 13.2 Å². The van der Waals surface area contributed by atoms with Crippen LogP contribution < -0.4 is 0 Å². The fourth-order valence-corrected chi connectivity index (χ4v) is 1.70. The second kappa shape index (κ2) is 11.2. The van der Waals surface area contributed by atoms with Gasteiger partial charge in [0.1, 0.15) is 6.61 Å². The third-order valence-corrected chi connectivity index (χ3v) is 3.12. The molecule has 0 fully saturated rings. The van der Waals surface area contributed by atoms with Gasteiger partial charge < -0.3 is 9.47 Å². The molecule has 0 aromatic rings. The second-order valence-corrected chi connectivity index (χ2v) is 5.65. The zero-order valence-corrected chi connectivity index (χ0v) is 14.4. The highest BCUT2D eigenvalue weighted by Gasteiger charge is 2.05. The SMILES string of the molecule is CCOC(=O)OCC(C/C=C(\C)CCC=C(C)C)=C(C)C. The first kappa shape index (κ1) is 19.5. The Bertz CT molecular complexity index is 406. The van der Waals surface area contributed by atoms with Crippen LogP contribution in [0.3, 0.4) is 0 Å². The molecule has 3 heteroatoms. The molecule has 3 nitrogen and oxygen atoms in total. The van der Waals surface area contributed by atoms with Gasteiger partial charge in [0.25, 0.3) is 0 Å². The lowest BCUT2D eigenvalue weighted by Gasteiger charge is -2.09. The molecule has 0 aliphatic heterocycles. The van der Waals surface area contributed by atoms with Crippen molar-refractivity contribution in [2.45, 2.75) is 60.8 Å². The number of hydrogen-bond acceptors (Lipinski definition) is 3. The molecular weight excluding hydrogens is 264 g/mol. The summed E-state index contributed by atoms with van der Waals surface area (Å²) in [6, 6.07) is 0.